The lowest BCUT2D eigenvalue weighted by Gasteiger charge is -2.02. The number of carbonyl (C=O) groups is 1. The highest BCUT2D eigenvalue weighted by Crippen LogP contribution is 2.36. The number of carbonyl (C=O) groups excluding carboxylic acids is 1. The van der Waals surface area contributed by atoms with Gasteiger partial charge in [-0.2, -0.15) is 0 Å². The number of nitrogens with zero attached hydrogens (tertiary/aromatic N) is 1. The maximum absolute atomic E-state index is 11.0. The SMILES string of the molecule is NC(=O)CSc1nc(-c2ccc(Cl)cc2)c(-c2ccc(Cl)cc2)o1. The molecule has 7 heteroatoms. The van der Waals surface area contributed by atoms with E-state index in [0.717, 1.165) is 22.9 Å². The van der Waals surface area contributed by atoms with Crippen LogP contribution in [0.4, 0.5) is 0 Å². The van der Waals surface area contributed by atoms with Crippen molar-refractivity contribution in [3.05, 3.63) is 58.6 Å². The van der Waals surface area contributed by atoms with Crippen molar-refractivity contribution in [2.24, 2.45) is 5.73 Å². The predicted molar refractivity (Wildman–Crippen MR) is 97.3 cm³/mol. The lowest BCUT2D eigenvalue weighted by atomic mass is 10.1. The summed E-state index contributed by atoms with van der Waals surface area (Å²) < 4.78 is 5.84. The summed E-state index contributed by atoms with van der Waals surface area (Å²) in [4.78, 5) is 15.5. The molecular formula is C17H12Cl2N2O2S. The summed E-state index contributed by atoms with van der Waals surface area (Å²) in [5.41, 5.74) is 7.55. The second-order valence-corrected chi connectivity index (χ2v) is 6.73. The number of amides is 1. The standard InChI is InChI=1S/C17H12Cl2N2O2S/c18-12-5-1-10(2-6-12)15-16(11-3-7-13(19)8-4-11)23-17(21-15)24-9-14(20)22/h1-8H,9H2,(H2,20,22). The van der Waals surface area contributed by atoms with Crippen molar-refractivity contribution < 1.29 is 9.21 Å². The number of benzene rings is 2. The Morgan fingerprint density at radius 2 is 1.54 bits per heavy atom. The monoisotopic (exact) mass is 378 g/mol. The largest absolute Gasteiger partial charge is 0.431 e. The van der Waals surface area contributed by atoms with Crippen LogP contribution in [0, 0.1) is 0 Å². The number of oxazole rings is 1. The molecule has 0 saturated heterocycles. The molecule has 3 rings (SSSR count). The fraction of sp³-hybridized carbons (Fsp3) is 0.0588. The molecule has 1 aromatic heterocycles. The van der Waals surface area contributed by atoms with E-state index in [2.05, 4.69) is 4.98 Å². The molecule has 0 bridgehead atoms. The molecular weight excluding hydrogens is 367 g/mol. The molecule has 3 aromatic rings. The zero-order valence-electron chi connectivity index (χ0n) is 12.3. The van der Waals surface area contributed by atoms with Crippen LogP contribution >= 0.6 is 35.0 Å². The third-order valence-electron chi connectivity index (χ3n) is 3.17. The predicted octanol–water partition coefficient (Wildman–Crippen LogP) is 4.89. The van der Waals surface area contributed by atoms with Crippen LogP contribution in [0.1, 0.15) is 0 Å². The average molecular weight is 379 g/mol. The Kier molecular flexibility index (Phi) is 5.14. The van der Waals surface area contributed by atoms with Crippen LogP contribution in [-0.4, -0.2) is 16.6 Å². The fourth-order valence-corrected chi connectivity index (χ4v) is 2.91. The molecule has 2 aromatic carbocycles. The van der Waals surface area contributed by atoms with E-state index in [1.807, 2.05) is 24.3 Å². The first-order valence-corrected chi connectivity index (χ1v) is 8.71. The third-order valence-corrected chi connectivity index (χ3v) is 4.52. The maximum Gasteiger partial charge on any atom is 0.257 e. The van der Waals surface area contributed by atoms with Gasteiger partial charge in [-0.25, -0.2) is 4.98 Å². The number of primary amides is 1. The Balaban J connectivity index is 2.05. The molecule has 0 radical (unpaired) electrons. The number of hydrogen-bond acceptors (Lipinski definition) is 4. The zero-order chi connectivity index (χ0) is 17.1. The van der Waals surface area contributed by atoms with E-state index >= 15 is 0 Å². The van der Waals surface area contributed by atoms with Gasteiger partial charge < -0.3 is 10.2 Å². The van der Waals surface area contributed by atoms with Gasteiger partial charge in [0.25, 0.3) is 5.22 Å². The quantitative estimate of drug-likeness (QED) is 0.641. The molecule has 1 heterocycles. The van der Waals surface area contributed by atoms with E-state index in [9.17, 15) is 4.79 Å². The number of nitrogens with two attached hydrogens (primary N) is 1. The number of aromatic nitrogens is 1. The summed E-state index contributed by atoms with van der Waals surface area (Å²) in [5, 5.41) is 1.65. The van der Waals surface area contributed by atoms with E-state index in [-0.39, 0.29) is 5.75 Å². The minimum absolute atomic E-state index is 0.0978. The molecule has 0 spiro atoms. The Morgan fingerprint density at radius 3 is 2.08 bits per heavy atom. The lowest BCUT2D eigenvalue weighted by Crippen LogP contribution is -2.12. The van der Waals surface area contributed by atoms with E-state index in [1.165, 1.54) is 0 Å². The molecule has 0 saturated carbocycles. The molecule has 0 fully saturated rings. The highest BCUT2D eigenvalue weighted by atomic mass is 35.5. The Bertz CT molecular complexity index is 798. The van der Waals surface area contributed by atoms with E-state index < -0.39 is 5.91 Å². The van der Waals surface area contributed by atoms with Crippen molar-refractivity contribution in [3.63, 3.8) is 0 Å². The number of rotatable bonds is 5. The molecule has 0 atom stereocenters. The first-order valence-electron chi connectivity index (χ1n) is 6.97. The van der Waals surface area contributed by atoms with Crippen molar-refractivity contribution in [2.75, 3.05) is 5.75 Å². The molecule has 1 amide bonds. The van der Waals surface area contributed by atoms with Crippen molar-refractivity contribution >= 4 is 40.9 Å². The summed E-state index contributed by atoms with van der Waals surface area (Å²) in [5.74, 6) is 0.265. The van der Waals surface area contributed by atoms with Crippen LogP contribution < -0.4 is 5.73 Å². The first-order chi connectivity index (χ1) is 11.5. The Labute approximate surface area is 153 Å². The van der Waals surface area contributed by atoms with Gasteiger partial charge in [-0.3, -0.25) is 4.79 Å². The van der Waals surface area contributed by atoms with Gasteiger partial charge in [-0.15, -0.1) is 0 Å². The van der Waals surface area contributed by atoms with Crippen molar-refractivity contribution in [3.8, 4) is 22.6 Å². The molecule has 4 nitrogen and oxygen atoms in total. The topological polar surface area (TPSA) is 69.1 Å². The minimum Gasteiger partial charge on any atom is -0.431 e. The molecule has 2 N–H and O–H groups in total. The lowest BCUT2D eigenvalue weighted by molar-refractivity contribution is -0.115. The summed E-state index contributed by atoms with van der Waals surface area (Å²) in [6, 6.07) is 14.6. The molecule has 0 aliphatic rings. The zero-order valence-corrected chi connectivity index (χ0v) is 14.7. The third kappa shape index (κ3) is 3.93. The van der Waals surface area contributed by atoms with E-state index in [4.69, 9.17) is 33.4 Å². The van der Waals surface area contributed by atoms with Crippen molar-refractivity contribution in [2.45, 2.75) is 5.22 Å². The molecule has 0 aliphatic heterocycles. The molecule has 24 heavy (non-hydrogen) atoms. The maximum atomic E-state index is 11.0. The highest BCUT2D eigenvalue weighted by molar-refractivity contribution is 7.99. The first kappa shape index (κ1) is 16.9. The van der Waals surface area contributed by atoms with E-state index in [1.54, 1.807) is 24.3 Å². The van der Waals surface area contributed by atoms with Gasteiger partial charge in [0.05, 0.1) is 5.75 Å². The highest BCUT2D eigenvalue weighted by Gasteiger charge is 2.17. The van der Waals surface area contributed by atoms with Gasteiger partial charge in [-0.05, 0) is 36.4 Å². The Hall–Kier alpha value is -1.95. The van der Waals surface area contributed by atoms with Crippen LogP contribution in [0.25, 0.3) is 22.6 Å². The summed E-state index contributed by atoms with van der Waals surface area (Å²) in [6.45, 7) is 0. The molecule has 0 unspecified atom stereocenters. The van der Waals surface area contributed by atoms with Crippen LogP contribution in [0.2, 0.25) is 10.0 Å². The van der Waals surface area contributed by atoms with Crippen LogP contribution in [0.3, 0.4) is 0 Å². The van der Waals surface area contributed by atoms with Crippen LogP contribution in [-0.2, 0) is 4.79 Å². The van der Waals surface area contributed by atoms with Crippen LogP contribution in [0.15, 0.2) is 58.2 Å². The molecule has 0 aliphatic carbocycles. The van der Waals surface area contributed by atoms with Gasteiger partial charge in [0.15, 0.2) is 5.76 Å². The summed E-state index contributed by atoms with van der Waals surface area (Å²) >= 11 is 13.1. The molecule has 122 valence electrons. The van der Waals surface area contributed by atoms with Gasteiger partial charge in [0.2, 0.25) is 5.91 Å². The fourth-order valence-electron chi connectivity index (χ4n) is 2.10. The van der Waals surface area contributed by atoms with Gasteiger partial charge in [0, 0.05) is 21.2 Å². The minimum atomic E-state index is -0.431. The number of hydrogen-bond donors (Lipinski definition) is 1. The van der Waals surface area contributed by atoms with Crippen molar-refractivity contribution in [1.82, 2.24) is 4.98 Å². The smallest absolute Gasteiger partial charge is 0.257 e. The normalized spacial score (nSPS) is 10.8. The summed E-state index contributed by atoms with van der Waals surface area (Å²) in [6.07, 6.45) is 0. The average Bonchev–Trinajstić information content (AvgIpc) is 2.98. The second-order valence-electron chi connectivity index (χ2n) is 4.93. The second kappa shape index (κ2) is 7.30. The van der Waals surface area contributed by atoms with Crippen LogP contribution in [0.5, 0.6) is 0 Å². The number of thioether (sulfide) groups is 1. The van der Waals surface area contributed by atoms with Gasteiger partial charge in [0.1, 0.15) is 5.69 Å². The van der Waals surface area contributed by atoms with E-state index in [0.29, 0.717) is 26.7 Å². The number of halogens is 2. The summed E-state index contributed by atoms with van der Waals surface area (Å²) in [7, 11) is 0. The van der Waals surface area contributed by atoms with Gasteiger partial charge in [-0.1, -0.05) is 47.1 Å². The Morgan fingerprint density at radius 1 is 1.00 bits per heavy atom. The van der Waals surface area contributed by atoms with Crippen molar-refractivity contribution in [1.29, 1.82) is 0 Å². The van der Waals surface area contributed by atoms with Gasteiger partial charge >= 0.3 is 0 Å².